The van der Waals surface area contributed by atoms with Gasteiger partial charge in [0.2, 0.25) is 5.69 Å². The third-order valence-corrected chi connectivity index (χ3v) is 7.10. The second kappa shape index (κ2) is 11.7. The Balaban J connectivity index is 3.43. The number of hydrogen-bond donors (Lipinski definition) is 1. The molecular formula is C13H29O2PS2. The Morgan fingerprint density at radius 2 is 1.89 bits per heavy atom. The van der Waals surface area contributed by atoms with E-state index in [1.807, 2.05) is 0 Å². The summed E-state index contributed by atoms with van der Waals surface area (Å²) in [6, 6.07) is 0. The summed E-state index contributed by atoms with van der Waals surface area (Å²) in [5.41, 5.74) is -2.55. The quantitative estimate of drug-likeness (QED) is 0.388. The van der Waals surface area contributed by atoms with E-state index in [-0.39, 0.29) is 0 Å². The maximum absolute atomic E-state index is 9.93. The van der Waals surface area contributed by atoms with Crippen LogP contribution in [-0.4, -0.2) is 17.3 Å². The van der Waals surface area contributed by atoms with E-state index in [0.29, 0.717) is 6.61 Å². The molecular weight excluding hydrogens is 283 g/mol. The van der Waals surface area contributed by atoms with E-state index in [9.17, 15) is 4.89 Å². The molecule has 5 heteroatoms. The van der Waals surface area contributed by atoms with Crippen molar-refractivity contribution < 1.29 is 9.42 Å². The minimum atomic E-state index is -2.55. The van der Waals surface area contributed by atoms with Gasteiger partial charge in [0, 0.05) is 5.75 Å². The molecule has 0 aliphatic heterocycles. The average molecular weight is 312 g/mol. The lowest BCUT2D eigenvalue weighted by molar-refractivity contribution is 0.309. The molecule has 0 aliphatic rings. The van der Waals surface area contributed by atoms with Crippen molar-refractivity contribution in [2.45, 2.75) is 65.7 Å². The van der Waals surface area contributed by atoms with Crippen molar-refractivity contribution in [3.05, 3.63) is 0 Å². The molecule has 0 radical (unpaired) electrons. The van der Waals surface area contributed by atoms with Gasteiger partial charge in [-0.2, -0.15) is 0 Å². The lowest BCUT2D eigenvalue weighted by atomic mass is 10.1. The van der Waals surface area contributed by atoms with Crippen molar-refractivity contribution in [2.75, 3.05) is 12.4 Å². The van der Waals surface area contributed by atoms with Crippen LogP contribution in [0.2, 0.25) is 0 Å². The van der Waals surface area contributed by atoms with E-state index in [4.69, 9.17) is 16.3 Å². The van der Waals surface area contributed by atoms with Gasteiger partial charge in [0.05, 0.1) is 6.61 Å². The minimum Gasteiger partial charge on any atom is -0.337 e. The Morgan fingerprint density at radius 1 is 1.17 bits per heavy atom. The molecule has 2 nitrogen and oxygen atoms in total. The number of rotatable bonds is 12. The fourth-order valence-electron chi connectivity index (χ4n) is 1.58. The van der Waals surface area contributed by atoms with Gasteiger partial charge in [0.25, 0.3) is 0 Å². The highest BCUT2D eigenvalue weighted by Gasteiger charge is 2.13. The topological polar surface area (TPSA) is 29.5 Å². The molecule has 0 aromatic heterocycles. The molecule has 0 rings (SSSR count). The lowest BCUT2D eigenvalue weighted by Crippen LogP contribution is -1.92. The summed E-state index contributed by atoms with van der Waals surface area (Å²) in [5.74, 6) is 1.72. The summed E-state index contributed by atoms with van der Waals surface area (Å²) < 4.78 is 5.42. The van der Waals surface area contributed by atoms with Crippen molar-refractivity contribution in [1.29, 1.82) is 0 Å². The first-order valence-electron chi connectivity index (χ1n) is 7.10. The van der Waals surface area contributed by atoms with Gasteiger partial charge < -0.3 is 9.42 Å². The average Bonchev–Trinajstić information content (AvgIpc) is 2.29. The van der Waals surface area contributed by atoms with Gasteiger partial charge in [-0.25, -0.2) is 0 Å². The van der Waals surface area contributed by atoms with Crippen LogP contribution in [0.3, 0.4) is 0 Å². The van der Waals surface area contributed by atoms with Crippen LogP contribution in [-0.2, 0) is 16.3 Å². The van der Waals surface area contributed by atoms with E-state index in [2.05, 4.69) is 20.8 Å². The molecule has 1 N–H and O–H groups in total. The monoisotopic (exact) mass is 312 g/mol. The second-order valence-corrected chi connectivity index (χ2v) is 11.4. The van der Waals surface area contributed by atoms with Crippen molar-refractivity contribution in [3.8, 4) is 0 Å². The van der Waals surface area contributed by atoms with E-state index in [1.165, 1.54) is 37.1 Å². The molecule has 0 aliphatic carbocycles. The SMILES string of the molecule is CCCCCOP(O)(=S)SCCCCCC(C)C. The molecule has 0 bridgehead atoms. The zero-order valence-corrected chi connectivity index (χ0v) is 14.6. The van der Waals surface area contributed by atoms with E-state index >= 15 is 0 Å². The van der Waals surface area contributed by atoms with Crippen molar-refractivity contribution in [2.24, 2.45) is 5.92 Å². The van der Waals surface area contributed by atoms with Crippen LogP contribution in [0, 0.1) is 5.92 Å². The van der Waals surface area contributed by atoms with E-state index in [0.717, 1.165) is 30.9 Å². The van der Waals surface area contributed by atoms with Gasteiger partial charge in [-0.3, -0.25) is 0 Å². The Morgan fingerprint density at radius 3 is 2.50 bits per heavy atom. The van der Waals surface area contributed by atoms with Crippen LogP contribution in [0.4, 0.5) is 0 Å². The molecule has 0 saturated heterocycles. The summed E-state index contributed by atoms with van der Waals surface area (Å²) in [6.07, 6.45) is 8.26. The molecule has 1 unspecified atom stereocenters. The van der Waals surface area contributed by atoms with Crippen molar-refractivity contribution in [3.63, 3.8) is 0 Å². The third-order valence-electron chi connectivity index (χ3n) is 2.68. The molecule has 0 aromatic carbocycles. The molecule has 1 atom stereocenters. The Hall–Kier alpha value is 0.920. The standard InChI is InChI=1S/C13H29O2PS2/c1-4-5-8-11-15-16(14,17)18-12-9-6-7-10-13(2)3/h13H,4-12H2,1-3H3,(H,14,17). The van der Waals surface area contributed by atoms with Gasteiger partial charge in [0.1, 0.15) is 0 Å². The molecule has 0 amide bonds. The smallest absolute Gasteiger partial charge is 0.244 e. The van der Waals surface area contributed by atoms with Gasteiger partial charge in [-0.05, 0) is 30.6 Å². The van der Waals surface area contributed by atoms with Crippen LogP contribution >= 0.6 is 17.1 Å². The van der Waals surface area contributed by atoms with Crippen molar-refractivity contribution in [1.82, 2.24) is 0 Å². The van der Waals surface area contributed by atoms with Crippen LogP contribution < -0.4 is 0 Å². The summed E-state index contributed by atoms with van der Waals surface area (Å²) in [7, 11) is 0. The number of hydrogen-bond acceptors (Lipinski definition) is 3. The first-order valence-corrected chi connectivity index (χ1v) is 11.4. The fraction of sp³-hybridized carbons (Fsp3) is 1.00. The third kappa shape index (κ3) is 13.4. The van der Waals surface area contributed by atoms with Crippen LogP contribution in [0.5, 0.6) is 0 Å². The maximum Gasteiger partial charge on any atom is 0.244 e. The fourth-order valence-corrected chi connectivity index (χ4v) is 5.00. The van der Waals surface area contributed by atoms with E-state index in [1.54, 1.807) is 0 Å². The predicted octanol–water partition coefficient (Wildman–Crippen LogP) is 5.36. The predicted molar refractivity (Wildman–Crippen MR) is 87.7 cm³/mol. The molecule has 0 spiro atoms. The number of unbranched alkanes of at least 4 members (excludes halogenated alkanes) is 4. The summed E-state index contributed by atoms with van der Waals surface area (Å²) >= 11 is 6.57. The first-order chi connectivity index (χ1) is 8.48. The zero-order chi connectivity index (χ0) is 13.9. The lowest BCUT2D eigenvalue weighted by Gasteiger charge is -2.14. The van der Waals surface area contributed by atoms with E-state index < -0.39 is 5.69 Å². The van der Waals surface area contributed by atoms with Gasteiger partial charge in [-0.15, -0.1) is 0 Å². The van der Waals surface area contributed by atoms with Gasteiger partial charge in [0.15, 0.2) is 0 Å². The second-order valence-electron chi connectivity index (χ2n) is 5.09. The van der Waals surface area contributed by atoms with Crippen LogP contribution in [0.25, 0.3) is 0 Å². The van der Waals surface area contributed by atoms with Crippen LogP contribution in [0.15, 0.2) is 0 Å². The first kappa shape index (κ1) is 18.9. The molecule has 18 heavy (non-hydrogen) atoms. The maximum atomic E-state index is 9.93. The Labute approximate surface area is 122 Å². The van der Waals surface area contributed by atoms with Gasteiger partial charge in [-0.1, -0.05) is 64.3 Å². The highest BCUT2D eigenvalue weighted by molar-refractivity contribution is 8.67. The Kier molecular flexibility index (Phi) is 12.3. The normalized spacial score (nSPS) is 14.9. The minimum absolute atomic E-state index is 0.613. The molecule has 0 saturated carbocycles. The molecule has 0 aromatic rings. The summed E-state index contributed by atoms with van der Waals surface area (Å²) in [4.78, 5) is 9.93. The highest BCUT2D eigenvalue weighted by atomic mass is 32.9. The molecule has 110 valence electrons. The summed E-state index contributed by atoms with van der Waals surface area (Å²) in [6.45, 7) is 7.28. The zero-order valence-electron chi connectivity index (χ0n) is 12.1. The largest absolute Gasteiger partial charge is 0.337 e. The molecule has 0 heterocycles. The van der Waals surface area contributed by atoms with Crippen LogP contribution in [0.1, 0.15) is 65.7 Å². The summed E-state index contributed by atoms with van der Waals surface area (Å²) in [5, 5.41) is 0. The Bertz CT molecular complexity index is 235. The van der Waals surface area contributed by atoms with Gasteiger partial charge >= 0.3 is 0 Å². The van der Waals surface area contributed by atoms with Crippen molar-refractivity contribution >= 4 is 28.9 Å². The highest BCUT2D eigenvalue weighted by Crippen LogP contribution is 2.56. The molecule has 0 fully saturated rings.